The van der Waals surface area contributed by atoms with Gasteiger partial charge in [-0.3, -0.25) is 4.68 Å². The summed E-state index contributed by atoms with van der Waals surface area (Å²) in [5.41, 5.74) is 0. The minimum absolute atomic E-state index is 0.585. The zero-order valence-corrected chi connectivity index (χ0v) is 8.89. The largest absolute Gasteiger partial charge is 0.467 e. The summed E-state index contributed by atoms with van der Waals surface area (Å²) >= 11 is 0. The van der Waals surface area contributed by atoms with Gasteiger partial charge in [0.15, 0.2) is 0 Å². The normalized spacial score (nSPS) is 13.0. The van der Waals surface area contributed by atoms with Gasteiger partial charge in [0, 0.05) is 19.3 Å². The van der Waals surface area contributed by atoms with Crippen molar-refractivity contribution in [3.05, 3.63) is 12.3 Å². The lowest BCUT2D eigenvalue weighted by molar-refractivity contribution is 0.369. The number of hydrogen-bond acceptors (Lipinski definition) is 2. The van der Waals surface area contributed by atoms with Crippen molar-refractivity contribution in [2.75, 3.05) is 24.7 Å². The molecule has 0 radical (unpaired) electrons. The van der Waals surface area contributed by atoms with Gasteiger partial charge in [-0.1, -0.05) is 0 Å². The summed E-state index contributed by atoms with van der Waals surface area (Å²) in [4.78, 5) is 0. The van der Waals surface area contributed by atoms with Crippen molar-refractivity contribution in [2.45, 2.75) is 0 Å². The average molecular weight is 188 g/mol. The third kappa shape index (κ3) is 3.17. The summed E-state index contributed by atoms with van der Waals surface area (Å²) in [7, 11) is 1.30. The lowest BCUT2D eigenvalue weighted by Crippen LogP contribution is -2.06. The van der Waals surface area contributed by atoms with Gasteiger partial charge in [0.1, 0.15) is 5.94 Å². The van der Waals surface area contributed by atoms with E-state index in [4.69, 9.17) is 4.74 Å². The van der Waals surface area contributed by atoms with Gasteiger partial charge in [0.25, 0.3) is 0 Å². The maximum atomic E-state index is 5.50. The smallest absolute Gasteiger partial charge is 0.233 e. The Labute approximate surface area is 75.0 Å². The molecule has 4 heteroatoms. The highest BCUT2D eigenvalue weighted by molar-refractivity contribution is 8.32. The second-order valence-electron chi connectivity index (χ2n) is 3.68. The van der Waals surface area contributed by atoms with Gasteiger partial charge >= 0.3 is 0 Å². The number of aromatic nitrogens is 2. The topological polar surface area (TPSA) is 27.1 Å². The van der Waals surface area contributed by atoms with E-state index in [1.807, 2.05) is 19.3 Å². The molecule has 70 valence electrons. The van der Waals surface area contributed by atoms with Gasteiger partial charge in [0.05, 0.1) is 0 Å². The van der Waals surface area contributed by atoms with Crippen molar-refractivity contribution in [1.82, 2.24) is 9.78 Å². The van der Waals surface area contributed by atoms with Gasteiger partial charge in [0.2, 0.25) is 5.88 Å². The molecule has 0 saturated carbocycles. The third-order valence-electron chi connectivity index (χ3n) is 1.25. The molecule has 0 fully saturated rings. The predicted octanol–water partition coefficient (Wildman–Crippen LogP) is 1.45. The molecule has 0 aliphatic carbocycles. The van der Waals surface area contributed by atoms with Gasteiger partial charge in [-0.15, -0.1) is 5.10 Å². The fourth-order valence-electron chi connectivity index (χ4n) is 0.708. The molecule has 0 unspecified atom stereocenters. The van der Waals surface area contributed by atoms with Crippen molar-refractivity contribution < 1.29 is 4.74 Å². The molecule has 0 aliphatic rings. The van der Waals surface area contributed by atoms with Crippen LogP contribution in [0.5, 0.6) is 5.88 Å². The van der Waals surface area contributed by atoms with Crippen molar-refractivity contribution >= 4 is 10.0 Å². The van der Waals surface area contributed by atoms with Gasteiger partial charge < -0.3 is 4.74 Å². The van der Waals surface area contributed by atoms with E-state index in [-0.39, 0.29) is 0 Å². The Bertz CT molecular complexity index is 252. The van der Waals surface area contributed by atoms with Crippen LogP contribution in [-0.4, -0.2) is 34.5 Å². The zero-order chi connectivity index (χ0) is 9.19. The van der Waals surface area contributed by atoms with E-state index in [1.54, 1.807) is 4.68 Å². The highest BCUT2D eigenvalue weighted by Crippen LogP contribution is 2.34. The van der Waals surface area contributed by atoms with Crippen LogP contribution >= 0.6 is 10.0 Å². The molecule has 0 saturated heterocycles. The van der Waals surface area contributed by atoms with Crippen LogP contribution in [0.15, 0.2) is 12.3 Å². The summed E-state index contributed by atoms with van der Waals surface area (Å²) < 4.78 is 7.24. The molecule has 0 bridgehead atoms. The number of hydrogen-bond donors (Lipinski definition) is 0. The van der Waals surface area contributed by atoms with Crippen LogP contribution in [0.1, 0.15) is 0 Å². The second kappa shape index (κ2) is 3.39. The number of nitrogens with zero attached hydrogens (tertiary/aromatic N) is 2. The van der Waals surface area contributed by atoms with Gasteiger partial charge in [-0.2, -0.15) is 0 Å². The van der Waals surface area contributed by atoms with E-state index in [0.717, 1.165) is 11.8 Å². The molecule has 0 aliphatic heterocycles. The minimum Gasteiger partial charge on any atom is -0.467 e. The Morgan fingerprint density at radius 2 is 2.17 bits per heavy atom. The lowest BCUT2D eigenvalue weighted by Gasteiger charge is -2.23. The molecule has 0 amide bonds. The lowest BCUT2D eigenvalue weighted by atomic mass is 10.7. The summed E-state index contributed by atoms with van der Waals surface area (Å²) in [6.45, 7) is 0. The first-order chi connectivity index (χ1) is 5.47. The van der Waals surface area contributed by atoms with Gasteiger partial charge in [-0.25, -0.2) is 10.0 Å². The minimum atomic E-state index is -0.585. The Morgan fingerprint density at radius 1 is 1.50 bits per heavy atom. The molecule has 3 nitrogen and oxygen atoms in total. The summed E-state index contributed by atoms with van der Waals surface area (Å²) in [6.07, 6.45) is 8.54. The molecule has 1 rings (SSSR count). The Kier molecular flexibility index (Phi) is 2.67. The number of ether oxygens (including phenoxy) is 1. The highest BCUT2D eigenvalue weighted by Gasteiger charge is 2.05. The predicted molar refractivity (Wildman–Crippen MR) is 54.1 cm³/mol. The molecular formula is C8H16N2OS. The molecular weight excluding hydrogens is 172 g/mol. The van der Waals surface area contributed by atoms with Crippen molar-refractivity contribution in [1.29, 1.82) is 0 Å². The first-order valence-electron chi connectivity index (χ1n) is 3.76. The molecule has 1 aromatic heterocycles. The Hall–Kier alpha value is -0.640. The fourth-order valence-corrected chi connectivity index (χ4v) is 1.18. The first kappa shape index (κ1) is 9.45. The van der Waals surface area contributed by atoms with E-state index in [9.17, 15) is 0 Å². The van der Waals surface area contributed by atoms with Crippen LogP contribution in [0.3, 0.4) is 0 Å². The van der Waals surface area contributed by atoms with Crippen molar-refractivity contribution in [3.8, 4) is 5.88 Å². The van der Waals surface area contributed by atoms with E-state index in [0.29, 0.717) is 0 Å². The van der Waals surface area contributed by atoms with Crippen molar-refractivity contribution in [2.24, 2.45) is 7.05 Å². The molecule has 1 aromatic rings. The van der Waals surface area contributed by atoms with Crippen LogP contribution in [-0.2, 0) is 7.05 Å². The molecule has 12 heavy (non-hydrogen) atoms. The quantitative estimate of drug-likeness (QED) is 0.718. The summed E-state index contributed by atoms with van der Waals surface area (Å²) in [5.74, 6) is 1.50. The maximum absolute atomic E-state index is 5.50. The molecule has 1 heterocycles. The van der Waals surface area contributed by atoms with Gasteiger partial charge in [-0.05, 0) is 18.8 Å². The Balaban J connectivity index is 2.44. The van der Waals surface area contributed by atoms with Crippen LogP contribution in [0.4, 0.5) is 0 Å². The maximum Gasteiger partial charge on any atom is 0.233 e. The summed E-state index contributed by atoms with van der Waals surface area (Å²) in [6, 6.07) is 1.88. The van der Waals surface area contributed by atoms with E-state index >= 15 is 0 Å². The van der Waals surface area contributed by atoms with E-state index in [2.05, 4.69) is 23.9 Å². The Morgan fingerprint density at radius 3 is 2.58 bits per heavy atom. The standard InChI is InChI=1S/C8H16N2OS/c1-10-6-5-8(9-10)11-7-12(2,3)4/h5-6H,7H2,1-4H3. The monoisotopic (exact) mass is 188 g/mol. The molecule has 0 spiro atoms. The van der Waals surface area contributed by atoms with Crippen LogP contribution in [0.2, 0.25) is 0 Å². The van der Waals surface area contributed by atoms with E-state index < -0.39 is 10.0 Å². The average Bonchev–Trinajstić information content (AvgIpc) is 2.30. The van der Waals surface area contributed by atoms with Crippen LogP contribution < -0.4 is 4.74 Å². The molecule has 0 N–H and O–H groups in total. The SMILES string of the molecule is Cn1ccc(OCS(C)(C)C)n1. The third-order valence-corrected chi connectivity index (χ3v) is 2.07. The number of rotatable bonds is 3. The van der Waals surface area contributed by atoms with Crippen LogP contribution in [0.25, 0.3) is 0 Å². The first-order valence-corrected chi connectivity index (χ1v) is 6.78. The second-order valence-corrected chi connectivity index (χ2v) is 8.10. The van der Waals surface area contributed by atoms with Crippen LogP contribution in [0, 0.1) is 0 Å². The van der Waals surface area contributed by atoms with E-state index in [1.165, 1.54) is 0 Å². The number of aryl methyl sites for hydroxylation is 1. The zero-order valence-electron chi connectivity index (χ0n) is 8.07. The highest BCUT2D eigenvalue weighted by atomic mass is 32.3. The molecule has 0 atom stereocenters. The summed E-state index contributed by atoms with van der Waals surface area (Å²) in [5, 5.41) is 4.12. The molecule has 0 aromatic carbocycles. The van der Waals surface area contributed by atoms with Crippen molar-refractivity contribution in [3.63, 3.8) is 0 Å². The fraction of sp³-hybridized carbons (Fsp3) is 0.625.